The smallest absolute Gasteiger partial charge is 0.242 e. The van der Waals surface area contributed by atoms with Crippen molar-refractivity contribution in [2.75, 3.05) is 0 Å². The van der Waals surface area contributed by atoms with Crippen molar-refractivity contribution in [1.82, 2.24) is 5.32 Å². The van der Waals surface area contributed by atoms with Crippen molar-refractivity contribution in [2.24, 2.45) is 5.73 Å². The van der Waals surface area contributed by atoms with E-state index in [2.05, 4.69) is 5.32 Å². The van der Waals surface area contributed by atoms with Crippen LogP contribution in [0.4, 0.5) is 8.78 Å². The van der Waals surface area contributed by atoms with E-state index in [4.69, 9.17) is 5.73 Å². The molecule has 1 atom stereocenters. The number of nitrogens with two attached hydrogens (primary N) is 1. The fourth-order valence-corrected chi connectivity index (χ4v) is 1.72. The number of rotatable bonds is 4. The zero-order valence-corrected chi connectivity index (χ0v) is 10.1. The number of halogens is 2. The average molecular weight is 242 g/mol. The molecule has 0 aliphatic carbocycles. The molecule has 3 nitrogen and oxygen atoms in total. The first kappa shape index (κ1) is 13.6. The standard InChI is InChI=1S/C12H16F2N2O/c1-7(2)16-12(3,11(15)17)8-4-9(13)6-10(14)5-8/h4-7,16H,1-3H3,(H2,15,17). The molecule has 1 rings (SSSR count). The molecule has 0 aromatic heterocycles. The summed E-state index contributed by atoms with van der Waals surface area (Å²) in [6, 6.07) is 2.89. The molecule has 1 aromatic rings. The van der Waals surface area contributed by atoms with Gasteiger partial charge >= 0.3 is 0 Å². The maximum absolute atomic E-state index is 13.1. The summed E-state index contributed by atoms with van der Waals surface area (Å²) >= 11 is 0. The molecule has 0 fully saturated rings. The van der Waals surface area contributed by atoms with Crippen molar-refractivity contribution in [2.45, 2.75) is 32.4 Å². The van der Waals surface area contributed by atoms with Gasteiger partial charge in [0.25, 0.3) is 0 Å². The van der Waals surface area contributed by atoms with Crippen molar-refractivity contribution in [3.05, 3.63) is 35.4 Å². The number of hydrogen-bond acceptors (Lipinski definition) is 2. The van der Waals surface area contributed by atoms with Crippen molar-refractivity contribution < 1.29 is 13.6 Å². The molecule has 17 heavy (non-hydrogen) atoms. The molecular formula is C12H16F2N2O. The summed E-state index contributed by atoms with van der Waals surface area (Å²) in [5.41, 5.74) is 4.19. The number of carbonyl (C=O) groups excluding carboxylic acids is 1. The first-order chi connectivity index (χ1) is 7.75. The van der Waals surface area contributed by atoms with E-state index >= 15 is 0 Å². The molecule has 0 saturated heterocycles. The molecule has 0 spiro atoms. The van der Waals surface area contributed by atoms with Crippen LogP contribution in [-0.2, 0) is 10.3 Å². The summed E-state index contributed by atoms with van der Waals surface area (Å²) in [6.45, 7) is 5.14. The Hall–Kier alpha value is -1.49. The lowest BCUT2D eigenvalue weighted by Crippen LogP contribution is -2.53. The van der Waals surface area contributed by atoms with E-state index in [0.29, 0.717) is 0 Å². The fraction of sp³-hybridized carbons (Fsp3) is 0.417. The highest BCUT2D eigenvalue weighted by atomic mass is 19.1. The van der Waals surface area contributed by atoms with Gasteiger partial charge < -0.3 is 5.73 Å². The van der Waals surface area contributed by atoms with E-state index in [0.717, 1.165) is 18.2 Å². The first-order valence-electron chi connectivity index (χ1n) is 5.30. The summed E-state index contributed by atoms with van der Waals surface area (Å²) in [4.78, 5) is 11.5. The Kier molecular flexibility index (Phi) is 3.83. The zero-order valence-electron chi connectivity index (χ0n) is 10.1. The molecule has 0 radical (unpaired) electrons. The number of primary amides is 1. The van der Waals surface area contributed by atoms with Crippen LogP contribution in [0.5, 0.6) is 0 Å². The molecule has 1 aromatic carbocycles. The summed E-state index contributed by atoms with van der Waals surface area (Å²) in [5, 5.41) is 2.92. The fourth-order valence-electron chi connectivity index (χ4n) is 1.72. The maximum atomic E-state index is 13.1. The van der Waals surface area contributed by atoms with E-state index in [1.807, 2.05) is 13.8 Å². The van der Waals surface area contributed by atoms with Gasteiger partial charge in [-0.15, -0.1) is 0 Å². The molecule has 5 heteroatoms. The average Bonchev–Trinajstić information content (AvgIpc) is 2.14. The molecular weight excluding hydrogens is 226 g/mol. The third kappa shape index (κ3) is 3.00. The third-order valence-corrected chi connectivity index (χ3v) is 2.51. The van der Waals surface area contributed by atoms with Crippen LogP contribution in [0, 0.1) is 11.6 Å². The third-order valence-electron chi connectivity index (χ3n) is 2.51. The van der Waals surface area contributed by atoms with Crippen LogP contribution in [-0.4, -0.2) is 11.9 Å². The van der Waals surface area contributed by atoms with Crippen molar-refractivity contribution in [3.8, 4) is 0 Å². The molecule has 0 aliphatic heterocycles. The van der Waals surface area contributed by atoms with Crippen LogP contribution in [0.3, 0.4) is 0 Å². The summed E-state index contributed by atoms with van der Waals surface area (Å²) < 4.78 is 26.3. The second kappa shape index (κ2) is 4.79. The van der Waals surface area contributed by atoms with Crippen molar-refractivity contribution >= 4 is 5.91 Å². The monoisotopic (exact) mass is 242 g/mol. The van der Waals surface area contributed by atoms with E-state index in [1.54, 1.807) is 0 Å². The Morgan fingerprint density at radius 2 is 1.76 bits per heavy atom. The number of carbonyl (C=O) groups is 1. The lowest BCUT2D eigenvalue weighted by atomic mass is 9.90. The van der Waals surface area contributed by atoms with Gasteiger partial charge in [-0.05, 0) is 38.5 Å². The van der Waals surface area contributed by atoms with Crippen LogP contribution < -0.4 is 11.1 Å². The van der Waals surface area contributed by atoms with Gasteiger partial charge in [0, 0.05) is 12.1 Å². The molecule has 0 bridgehead atoms. The largest absolute Gasteiger partial charge is 0.368 e. The predicted octanol–water partition coefficient (Wildman–Crippen LogP) is 1.66. The Morgan fingerprint density at radius 3 is 2.12 bits per heavy atom. The van der Waals surface area contributed by atoms with Crippen LogP contribution in [0.2, 0.25) is 0 Å². The van der Waals surface area contributed by atoms with Gasteiger partial charge in [0.2, 0.25) is 5.91 Å². The van der Waals surface area contributed by atoms with Crippen LogP contribution in [0.25, 0.3) is 0 Å². The van der Waals surface area contributed by atoms with Gasteiger partial charge in [-0.2, -0.15) is 0 Å². The SMILES string of the molecule is CC(C)NC(C)(C(N)=O)c1cc(F)cc(F)c1. The maximum Gasteiger partial charge on any atom is 0.242 e. The highest BCUT2D eigenvalue weighted by Crippen LogP contribution is 2.23. The Bertz CT molecular complexity index is 414. The Labute approximate surface area is 99.0 Å². The highest BCUT2D eigenvalue weighted by Gasteiger charge is 2.34. The van der Waals surface area contributed by atoms with E-state index < -0.39 is 23.1 Å². The predicted molar refractivity (Wildman–Crippen MR) is 61.2 cm³/mol. The van der Waals surface area contributed by atoms with E-state index in [9.17, 15) is 13.6 Å². The number of amides is 1. The van der Waals surface area contributed by atoms with Crippen molar-refractivity contribution in [1.29, 1.82) is 0 Å². The minimum absolute atomic E-state index is 0.0566. The minimum Gasteiger partial charge on any atom is -0.368 e. The number of hydrogen-bond donors (Lipinski definition) is 2. The van der Waals surface area contributed by atoms with Crippen LogP contribution in [0.1, 0.15) is 26.3 Å². The quantitative estimate of drug-likeness (QED) is 0.843. The summed E-state index contributed by atoms with van der Waals surface area (Å²) in [7, 11) is 0. The second-order valence-electron chi connectivity index (χ2n) is 4.45. The van der Waals surface area contributed by atoms with Crippen molar-refractivity contribution in [3.63, 3.8) is 0 Å². The van der Waals surface area contributed by atoms with Gasteiger partial charge in [0.1, 0.15) is 17.2 Å². The Balaban J connectivity index is 3.26. The lowest BCUT2D eigenvalue weighted by molar-refractivity contribution is -0.124. The van der Waals surface area contributed by atoms with Crippen LogP contribution >= 0.6 is 0 Å². The highest BCUT2D eigenvalue weighted by molar-refractivity contribution is 5.85. The summed E-state index contributed by atoms with van der Waals surface area (Å²) in [6.07, 6.45) is 0. The molecule has 0 heterocycles. The van der Waals surface area contributed by atoms with Crippen LogP contribution in [0.15, 0.2) is 18.2 Å². The second-order valence-corrected chi connectivity index (χ2v) is 4.45. The van der Waals surface area contributed by atoms with Gasteiger partial charge in [-0.3, -0.25) is 10.1 Å². The molecule has 94 valence electrons. The Morgan fingerprint density at radius 1 is 1.29 bits per heavy atom. The topological polar surface area (TPSA) is 55.1 Å². The normalized spacial score (nSPS) is 14.7. The van der Waals surface area contributed by atoms with E-state index in [1.165, 1.54) is 6.92 Å². The minimum atomic E-state index is -1.29. The molecule has 1 amide bonds. The molecule has 1 unspecified atom stereocenters. The molecule has 0 aliphatic rings. The van der Waals surface area contributed by atoms with Gasteiger partial charge in [-0.1, -0.05) is 0 Å². The van der Waals surface area contributed by atoms with E-state index in [-0.39, 0.29) is 11.6 Å². The first-order valence-corrected chi connectivity index (χ1v) is 5.30. The zero-order chi connectivity index (χ0) is 13.2. The molecule has 0 saturated carbocycles. The molecule has 3 N–H and O–H groups in total. The lowest BCUT2D eigenvalue weighted by Gasteiger charge is -2.30. The number of benzene rings is 1. The number of nitrogens with one attached hydrogen (secondary N) is 1. The van der Waals surface area contributed by atoms with Gasteiger partial charge in [0.05, 0.1) is 0 Å². The van der Waals surface area contributed by atoms with Gasteiger partial charge in [0.15, 0.2) is 0 Å². The summed E-state index contributed by atoms with van der Waals surface area (Å²) in [5.74, 6) is -2.16. The van der Waals surface area contributed by atoms with Gasteiger partial charge in [-0.25, -0.2) is 8.78 Å².